The molecule has 0 aliphatic rings. The van der Waals surface area contributed by atoms with E-state index in [0.29, 0.717) is 33.3 Å². The van der Waals surface area contributed by atoms with Gasteiger partial charge in [0.1, 0.15) is 5.65 Å². The molecule has 0 bridgehead atoms. The zero-order valence-corrected chi connectivity index (χ0v) is 17.3. The number of H-pyrrole nitrogens is 1. The van der Waals surface area contributed by atoms with Crippen LogP contribution in [0.1, 0.15) is 27.2 Å². The normalized spacial score (nSPS) is 12.1. The number of carboxylic acid groups (broad SMARTS) is 1. The number of pyridine rings is 1. The van der Waals surface area contributed by atoms with Crippen LogP contribution in [0.3, 0.4) is 0 Å². The number of para-hydroxylation sites is 2. The van der Waals surface area contributed by atoms with Crippen molar-refractivity contribution in [3.63, 3.8) is 0 Å². The highest BCUT2D eigenvalue weighted by atomic mass is 16.4. The van der Waals surface area contributed by atoms with Crippen molar-refractivity contribution in [1.29, 1.82) is 0 Å². The fourth-order valence-corrected chi connectivity index (χ4v) is 3.90. The minimum Gasteiger partial charge on any atom is -0.478 e. The average Bonchev–Trinajstić information content (AvgIpc) is 3.28. The summed E-state index contributed by atoms with van der Waals surface area (Å²) >= 11 is 0. The summed E-state index contributed by atoms with van der Waals surface area (Å²) in [6, 6.07) is 15.2. The van der Waals surface area contributed by atoms with E-state index >= 15 is 0 Å². The highest BCUT2D eigenvalue weighted by Gasteiger charge is 2.14. The number of fused-ring (bicyclic) bond motifs is 3. The topological polar surface area (TPSA) is 109 Å². The van der Waals surface area contributed by atoms with Gasteiger partial charge in [-0.2, -0.15) is 0 Å². The second-order valence-corrected chi connectivity index (χ2v) is 7.63. The van der Waals surface area contributed by atoms with Crippen LogP contribution in [-0.2, 0) is 0 Å². The molecule has 32 heavy (non-hydrogen) atoms. The lowest BCUT2D eigenvalue weighted by molar-refractivity contribution is 0.0697. The summed E-state index contributed by atoms with van der Waals surface area (Å²) in [5.41, 5.74) is 3.72. The molecule has 0 aliphatic heterocycles. The Balaban J connectivity index is 1.72. The molecule has 158 valence electrons. The van der Waals surface area contributed by atoms with Gasteiger partial charge in [0.2, 0.25) is 0 Å². The van der Waals surface area contributed by atoms with Crippen molar-refractivity contribution in [2.75, 3.05) is 0 Å². The number of carbonyl (C=O) groups is 1. The number of nitrogens with zero attached hydrogens (tertiary/aromatic N) is 3. The molecule has 0 fully saturated rings. The van der Waals surface area contributed by atoms with Crippen LogP contribution in [0.15, 0.2) is 64.2 Å². The van der Waals surface area contributed by atoms with E-state index in [9.17, 15) is 14.4 Å². The SMILES string of the molecule is Cc1[nH]n(-c2ccc(C(=O)O)cc2)c(=O)c1/C=c1\c(C)cc2nc3ccccc3n2c1=O. The summed E-state index contributed by atoms with van der Waals surface area (Å²) in [5, 5.41) is 12.5. The Morgan fingerprint density at radius 3 is 2.47 bits per heavy atom. The molecule has 0 saturated heterocycles. The third-order valence-corrected chi connectivity index (χ3v) is 5.57. The Bertz CT molecular complexity index is 1710. The first-order valence-electron chi connectivity index (χ1n) is 9.93. The molecule has 2 N–H and O–H groups in total. The van der Waals surface area contributed by atoms with Gasteiger partial charge < -0.3 is 5.11 Å². The number of carboxylic acids is 1. The van der Waals surface area contributed by atoms with Gasteiger partial charge in [-0.05, 0) is 68.0 Å². The first kappa shape index (κ1) is 19.5. The van der Waals surface area contributed by atoms with Gasteiger partial charge in [-0.25, -0.2) is 14.5 Å². The van der Waals surface area contributed by atoms with Crippen LogP contribution in [0.2, 0.25) is 0 Å². The largest absolute Gasteiger partial charge is 0.478 e. The van der Waals surface area contributed by atoms with Crippen molar-refractivity contribution < 1.29 is 9.90 Å². The van der Waals surface area contributed by atoms with Crippen LogP contribution in [-0.4, -0.2) is 30.2 Å². The lowest BCUT2D eigenvalue weighted by Crippen LogP contribution is -2.33. The molecule has 0 saturated carbocycles. The van der Waals surface area contributed by atoms with Crippen LogP contribution < -0.4 is 16.3 Å². The molecule has 0 radical (unpaired) electrons. The summed E-state index contributed by atoms with van der Waals surface area (Å²) in [5.74, 6) is -1.04. The second-order valence-electron chi connectivity index (χ2n) is 7.63. The molecule has 0 unspecified atom stereocenters. The van der Waals surface area contributed by atoms with Gasteiger partial charge in [0.25, 0.3) is 11.1 Å². The minimum absolute atomic E-state index is 0.129. The van der Waals surface area contributed by atoms with E-state index in [2.05, 4.69) is 10.1 Å². The number of aryl methyl sites for hydroxylation is 2. The number of rotatable bonds is 3. The molecule has 0 amide bonds. The smallest absolute Gasteiger partial charge is 0.335 e. The summed E-state index contributed by atoms with van der Waals surface area (Å²) < 4.78 is 2.89. The number of aromatic amines is 1. The van der Waals surface area contributed by atoms with Crippen LogP contribution in [0.25, 0.3) is 28.4 Å². The van der Waals surface area contributed by atoms with E-state index in [4.69, 9.17) is 5.11 Å². The Labute approximate surface area is 180 Å². The van der Waals surface area contributed by atoms with Crippen LogP contribution in [0, 0.1) is 13.8 Å². The van der Waals surface area contributed by atoms with Crippen molar-refractivity contribution >= 4 is 28.7 Å². The van der Waals surface area contributed by atoms with E-state index in [0.717, 1.165) is 11.1 Å². The number of hydrogen-bond donors (Lipinski definition) is 2. The molecule has 3 aromatic heterocycles. The molecule has 0 spiro atoms. The zero-order chi connectivity index (χ0) is 22.6. The number of hydrogen-bond acceptors (Lipinski definition) is 4. The van der Waals surface area contributed by atoms with Crippen LogP contribution in [0.4, 0.5) is 0 Å². The highest BCUT2D eigenvalue weighted by Crippen LogP contribution is 2.14. The first-order valence-corrected chi connectivity index (χ1v) is 9.93. The maximum Gasteiger partial charge on any atom is 0.335 e. The standard InChI is InChI=1S/C24H18N4O4/c1-13-11-21-25-19-5-3-4-6-20(19)27(21)22(29)17(13)12-18-14(2)26-28(23(18)30)16-9-7-15(8-10-16)24(31)32/h3-12,26H,1-2H3,(H,31,32)/b17-12+. The summed E-state index contributed by atoms with van der Waals surface area (Å²) in [4.78, 5) is 42.1. The Hall–Kier alpha value is -4.46. The number of aromatic nitrogens is 4. The number of nitrogens with one attached hydrogen (secondary N) is 1. The Morgan fingerprint density at radius 1 is 1.03 bits per heavy atom. The fourth-order valence-electron chi connectivity index (χ4n) is 3.90. The van der Waals surface area contributed by atoms with E-state index in [1.807, 2.05) is 37.3 Å². The van der Waals surface area contributed by atoms with Crippen LogP contribution in [0.5, 0.6) is 0 Å². The van der Waals surface area contributed by atoms with Gasteiger partial charge >= 0.3 is 5.97 Å². The quantitative estimate of drug-likeness (QED) is 0.460. The lowest BCUT2D eigenvalue weighted by Gasteiger charge is -2.01. The van der Waals surface area contributed by atoms with E-state index in [-0.39, 0.29) is 16.7 Å². The predicted molar refractivity (Wildman–Crippen MR) is 121 cm³/mol. The number of imidazole rings is 1. The van der Waals surface area contributed by atoms with Gasteiger partial charge in [0.05, 0.1) is 27.8 Å². The summed E-state index contributed by atoms with van der Waals surface area (Å²) in [6.45, 7) is 3.57. The van der Waals surface area contributed by atoms with Crippen LogP contribution >= 0.6 is 0 Å². The molecule has 8 heteroatoms. The first-order chi connectivity index (χ1) is 15.3. The maximum atomic E-state index is 13.3. The third kappa shape index (κ3) is 2.92. The predicted octanol–water partition coefficient (Wildman–Crippen LogP) is 2.19. The van der Waals surface area contributed by atoms with E-state index in [1.165, 1.54) is 16.8 Å². The van der Waals surface area contributed by atoms with Gasteiger partial charge in [-0.3, -0.25) is 19.1 Å². The second kappa shape index (κ2) is 7.05. The molecule has 0 atom stereocenters. The Morgan fingerprint density at radius 2 is 1.75 bits per heavy atom. The average molecular weight is 426 g/mol. The highest BCUT2D eigenvalue weighted by molar-refractivity contribution is 5.87. The molecule has 0 aliphatic carbocycles. The van der Waals surface area contributed by atoms with Gasteiger partial charge in [0.15, 0.2) is 0 Å². The molecule has 3 heterocycles. The van der Waals surface area contributed by atoms with E-state index in [1.54, 1.807) is 29.5 Å². The fraction of sp³-hybridized carbons (Fsp3) is 0.0833. The monoisotopic (exact) mass is 426 g/mol. The van der Waals surface area contributed by atoms with E-state index < -0.39 is 5.97 Å². The molecule has 5 aromatic rings. The zero-order valence-electron chi connectivity index (χ0n) is 17.3. The molecular weight excluding hydrogens is 408 g/mol. The van der Waals surface area contributed by atoms with Gasteiger partial charge in [-0.15, -0.1) is 0 Å². The molecule has 2 aromatic carbocycles. The summed E-state index contributed by atoms with van der Waals surface area (Å²) in [6.07, 6.45) is 1.60. The molecular formula is C24H18N4O4. The minimum atomic E-state index is -1.04. The maximum absolute atomic E-state index is 13.3. The van der Waals surface area contributed by atoms with Crippen molar-refractivity contribution in [3.05, 3.63) is 103 Å². The lowest BCUT2D eigenvalue weighted by atomic mass is 10.1. The number of benzene rings is 2. The third-order valence-electron chi connectivity index (χ3n) is 5.57. The van der Waals surface area contributed by atoms with Crippen molar-refractivity contribution in [1.82, 2.24) is 19.2 Å². The summed E-state index contributed by atoms with van der Waals surface area (Å²) in [7, 11) is 0. The molecule has 8 nitrogen and oxygen atoms in total. The van der Waals surface area contributed by atoms with Gasteiger partial charge in [-0.1, -0.05) is 12.1 Å². The van der Waals surface area contributed by atoms with Gasteiger partial charge in [0, 0.05) is 10.9 Å². The Kier molecular flexibility index (Phi) is 4.30. The van der Waals surface area contributed by atoms with Crippen molar-refractivity contribution in [2.45, 2.75) is 13.8 Å². The number of aromatic carboxylic acids is 1. The molecule has 5 rings (SSSR count). The van der Waals surface area contributed by atoms with Crippen molar-refractivity contribution in [3.8, 4) is 5.69 Å². The van der Waals surface area contributed by atoms with Crippen molar-refractivity contribution in [2.24, 2.45) is 0 Å².